The van der Waals surface area contributed by atoms with Crippen molar-refractivity contribution in [2.24, 2.45) is 0 Å². The first-order valence-electron chi connectivity index (χ1n) is 4.64. The molecular formula is C8H10F3N2O3-. The van der Waals surface area contributed by atoms with E-state index in [2.05, 4.69) is 5.32 Å². The largest absolute Gasteiger partial charge is 0.530 e. The summed E-state index contributed by atoms with van der Waals surface area (Å²) in [7, 11) is 0. The van der Waals surface area contributed by atoms with Crippen molar-refractivity contribution in [1.29, 1.82) is 0 Å². The van der Waals surface area contributed by atoms with Crippen molar-refractivity contribution in [1.82, 2.24) is 10.2 Å². The molecule has 1 heterocycles. The van der Waals surface area contributed by atoms with Gasteiger partial charge in [-0.25, -0.2) is 0 Å². The van der Waals surface area contributed by atoms with Crippen LogP contribution in [0.3, 0.4) is 0 Å². The number of amides is 2. The van der Waals surface area contributed by atoms with Gasteiger partial charge in [-0.15, -0.1) is 0 Å². The third-order valence-corrected chi connectivity index (χ3v) is 2.35. The number of carboxylic acid groups (broad SMARTS) is 1. The second-order valence-electron chi connectivity index (χ2n) is 3.50. The number of piperidine rings is 1. The predicted molar refractivity (Wildman–Crippen MR) is 44.2 cm³/mol. The monoisotopic (exact) mass is 239 g/mol. The van der Waals surface area contributed by atoms with Crippen molar-refractivity contribution in [2.45, 2.75) is 25.1 Å². The Bertz CT molecular complexity index is 285. The van der Waals surface area contributed by atoms with Crippen molar-refractivity contribution in [3.63, 3.8) is 0 Å². The Morgan fingerprint density at radius 1 is 1.25 bits per heavy atom. The number of nitrogens with zero attached hydrogens (tertiary/aromatic N) is 1. The van der Waals surface area contributed by atoms with E-state index >= 15 is 0 Å². The molecule has 0 unspecified atom stereocenters. The summed E-state index contributed by atoms with van der Waals surface area (Å²) in [5, 5.41) is 12.2. The zero-order chi connectivity index (χ0) is 12.3. The van der Waals surface area contributed by atoms with Gasteiger partial charge < -0.3 is 20.1 Å². The summed E-state index contributed by atoms with van der Waals surface area (Å²) in [6.45, 7) is -0.216. The fourth-order valence-electron chi connectivity index (χ4n) is 1.57. The molecule has 1 saturated heterocycles. The van der Waals surface area contributed by atoms with Gasteiger partial charge in [0.2, 0.25) is 0 Å². The second-order valence-corrected chi connectivity index (χ2v) is 3.50. The molecule has 0 bridgehead atoms. The summed E-state index contributed by atoms with van der Waals surface area (Å²) in [4.78, 5) is 21.6. The van der Waals surface area contributed by atoms with Crippen LogP contribution in [-0.2, 0) is 4.79 Å². The predicted octanol–water partition coefficient (Wildman–Crippen LogP) is -0.527. The molecule has 92 valence electrons. The summed E-state index contributed by atoms with van der Waals surface area (Å²) in [6, 6.07) is -0.442. The number of nitrogens with one attached hydrogen (secondary N) is 1. The average molecular weight is 239 g/mol. The molecule has 1 rings (SSSR count). The fraction of sp³-hybridized carbons (Fsp3) is 0.750. The summed E-state index contributed by atoms with van der Waals surface area (Å²) >= 11 is 0. The third-order valence-electron chi connectivity index (χ3n) is 2.35. The summed E-state index contributed by atoms with van der Waals surface area (Å²) in [6.07, 6.45) is -6.00. The van der Waals surface area contributed by atoms with E-state index in [1.807, 2.05) is 0 Å². The van der Waals surface area contributed by atoms with Gasteiger partial charge >= 0.3 is 12.1 Å². The molecule has 2 amide bonds. The summed E-state index contributed by atoms with van der Waals surface area (Å²) < 4.78 is 36.1. The van der Waals surface area contributed by atoms with Gasteiger partial charge in [-0.1, -0.05) is 0 Å². The molecule has 0 aliphatic carbocycles. The number of hydrogen-bond acceptors (Lipinski definition) is 3. The van der Waals surface area contributed by atoms with Crippen LogP contribution in [0.5, 0.6) is 0 Å². The Morgan fingerprint density at radius 2 is 1.75 bits per heavy atom. The first kappa shape index (κ1) is 12.6. The molecule has 1 aliphatic heterocycles. The van der Waals surface area contributed by atoms with Gasteiger partial charge in [0.1, 0.15) is 6.09 Å². The maximum Gasteiger partial charge on any atom is 0.471 e. The number of carbonyl (C=O) groups excluding carboxylic acids is 2. The summed E-state index contributed by atoms with van der Waals surface area (Å²) in [5.74, 6) is -1.88. The lowest BCUT2D eigenvalue weighted by Gasteiger charge is -2.33. The Morgan fingerprint density at radius 3 is 2.12 bits per heavy atom. The Labute approximate surface area is 89.2 Å². The van der Waals surface area contributed by atoms with Crippen LogP contribution in [0.2, 0.25) is 0 Å². The fourth-order valence-corrected chi connectivity index (χ4v) is 1.57. The molecular weight excluding hydrogens is 229 g/mol. The van der Waals surface area contributed by atoms with Gasteiger partial charge in [0, 0.05) is 19.1 Å². The van der Waals surface area contributed by atoms with Crippen molar-refractivity contribution < 1.29 is 27.9 Å². The molecule has 1 N–H and O–H groups in total. The number of likely N-dealkylation sites (tertiary alicyclic amines) is 1. The highest BCUT2D eigenvalue weighted by atomic mass is 19.4. The standard InChI is InChI=1S/C8H11F3N2O3/c9-8(10,11)6(14)13-3-1-5(2-4-13)12-7(15)16/h5,12H,1-4H2,(H,15,16)/p-1. The third kappa shape index (κ3) is 3.28. The quantitative estimate of drug-likeness (QED) is 0.668. The van der Waals surface area contributed by atoms with E-state index < -0.39 is 24.2 Å². The SMILES string of the molecule is O=C([O-])NC1CCN(C(=O)C(F)(F)F)CC1. The van der Waals surface area contributed by atoms with Gasteiger partial charge in [-0.3, -0.25) is 4.79 Å². The highest BCUT2D eigenvalue weighted by Crippen LogP contribution is 2.21. The van der Waals surface area contributed by atoms with E-state index in [0.29, 0.717) is 4.90 Å². The minimum Gasteiger partial charge on any atom is -0.530 e. The maximum atomic E-state index is 12.0. The highest BCUT2D eigenvalue weighted by Gasteiger charge is 2.43. The molecule has 1 aliphatic rings. The average Bonchev–Trinajstić information content (AvgIpc) is 2.15. The maximum absolute atomic E-state index is 12.0. The van der Waals surface area contributed by atoms with E-state index in [1.165, 1.54) is 0 Å². The number of halogens is 3. The first-order chi connectivity index (χ1) is 7.30. The van der Waals surface area contributed by atoms with E-state index in [4.69, 9.17) is 0 Å². The summed E-state index contributed by atoms with van der Waals surface area (Å²) in [5.41, 5.74) is 0. The highest BCUT2D eigenvalue weighted by molar-refractivity contribution is 5.81. The number of alkyl halides is 3. The number of carbonyl (C=O) groups is 2. The van der Waals surface area contributed by atoms with Gasteiger partial charge in [0.25, 0.3) is 0 Å². The van der Waals surface area contributed by atoms with Gasteiger partial charge in [0.05, 0.1) is 0 Å². The normalized spacial score (nSPS) is 18.3. The van der Waals surface area contributed by atoms with Crippen molar-refractivity contribution >= 4 is 12.0 Å². The molecule has 1 fully saturated rings. The Balaban J connectivity index is 2.43. The molecule has 0 spiro atoms. The van der Waals surface area contributed by atoms with E-state index in [9.17, 15) is 27.9 Å². The smallest absolute Gasteiger partial charge is 0.471 e. The number of rotatable bonds is 1. The molecule has 0 atom stereocenters. The van der Waals surface area contributed by atoms with Crippen molar-refractivity contribution in [2.75, 3.05) is 13.1 Å². The topological polar surface area (TPSA) is 72.5 Å². The number of hydrogen-bond donors (Lipinski definition) is 1. The first-order valence-corrected chi connectivity index (χ1v) is 4.64. The molecule has 16 heavy (non-hydrogen) atoms. The zero-order valence-electron chi connectivity index (χ0n) is 8.21. The molecule has 0 aromatic carbocycles. The molecule has 5 nitrogen and oxygen atoms in total. The van der Waals surface area contributed by atoms with E-state index in [-0.39, 0.29) is 25.9 Å². The van der Waals surface area contributed by atoms with Crippen molar-refractivity contribution in [3.05, 3.63) is 0 Å². The van der Waals surface area contributed by atoms with Crippen LogP contribution in [0.1, 0.15) is 12.8 Å². The van der Waals surface area contributed by atoms with Crippen molar-refractivity contribution in [3.8, 4) is 0 Å². The van der Waals surface area contributed by atoms with Crippen LogP contribution in [0.25, 0.3) is 0 Å². The molecule has 8 heteroatoms. The lowest BCUT2D eigenvalue weighted by molar-refractivity contribution is -0.252. The lowest BCUT2D eigenvalue weighted by Crippen LogP contribution is -2.52. The Kier molecular flexibility index (Phi) is 3.61. The van der Waals surface area contributed by atoms with Crippen LogP contribution >= 0.6 is 0 Å². The van der Waals surface area contributed by atoms with E-state index in [0.717, 1.165) is 0 Å². The van der Waals surface area contributed by atoms with Crippen LogP contribution in [0, 0.1) is 0 Å². The van der Waals surface area contributed by atoms with Gasteiger partial charge in [-0.2, -0.15) is 13.2 Å². The molecule has 0 aromatic rings. The molecule has 0 saturated carbocycles. The molecule has 0 aromatic heterocycles. The Hall–Kier alpha value is -1.47. The van der Waals surface area contributed by atoms with Crippen LogP contribution in [0.4, 0.5) is 18.0 Å². The molecule has 0 radical (unpaired) electrons. The van der Waals surface area contributed by atoms with E-state index in [1.54, 1.807) is 0 Å². The van der Waals surface area contributed by atoms with Crippen LogP contribution in [-0.4, -0.2) is 42.2 Å². The van der Waals surface area contributed by atoms with Crippen LogP contribution < -0.4 is 10.4 Å². The van der Waals surface area contributed by atoms with Gasteiger partial charge in [-0.05, 0) is 12.8 Å². The lowest BCUT2D eigenvalue weighted by atomic mass is 10.1. The zero-order valence-corrected chi connectivity index (χ0v) is 8.21. The van der Waals surface area contributed by atoms with Gasteiger partial charge in [0.15, 0.2) is 0 Å². The van der Waals surface area contributed by atoms with Crippen LogP contribution in [0.15, 0.2) is 0 Å². The second kappa shape index (κ2) is 4.58. The minimum absolute atomic E-state index is 0.108. The minimum atomic E-state index is -4.87.